The molecule has 0 saturated heterocycles. The van der Waals surface area contributed by atoms with Crippen LogP contribution in [0.3, 0.4) is 0 Å². The van der Waals surface area contributed by atoms with Gasteiger partial charge in [-0.25, -0.2) is 0 Å². The zero-order valence-corrected chi connectivity index (χ0v) is 18.3. The van der Waals surface area contributed by atoms with Gasteiger partial charge < -0.3 is 19.4 Å². The van der Waals surface area contributed by atoms with Crippen molar-refractivity contribution in [1.82, 2.24) is 9.88 Å². The number of methoxy groups -OCH3 is 2. The predicted octanol–water partition coefficient (Wildman–Crippen LogP) is 4.32. The molecule has 0 spiro atoms. The fourth-order valence-corrected chi connectivity index (χ4v) is 4.19. The Balaban J connectivity index is 1.84. The van der Waals surface area contributed by atoms with Gasteiger partial charge in [0.05, 0.1) is 37.8 Å². The number of carbonyl (C=O) groups excluding carboxylic acids is 1. The average Bonchev–Trinajstić information content (AvgIpc) is 3.30. The maximum atomic E-state index is 13.6. The highest BCUT2D eigenvalue weighted by Gasteiger charge is 2.37. The molecule has 1 atom stereocenters. The summed E-state index contributed by atoms with van der Waals surface area (Å²) < 4.78 is 13.3. The molecule has 1 N–H and O–H groups in total. The topological polar surface area (TPSA) is 55.7 Å². The maximum absolute atomic E-state index is 13.6. The van der Waals surface area contributed by atoms with Crippen LogP contribution in [0, 0.1) is 0 Å². The standard InChI is InChI=1S/C25H29N3O3/c1-4-5-14-26-17-24(29)28-21-10-7-6-9-20(21)27-15-8-11-22(27)25(28)19-16-18(30-2)12-13-23(19)31-3/h6-13,15-16,25-26H,4-5,14,17H2,1-3H3. The van der Waals surface area contributed by atoms with Gasteiger partial charge in [-0.15, -0.1) is 0 Å². The molecule has 162 valence electrons. The van der Waals surface area contributed by atoms with Gasteiger partial charge in [0.25, 0.3) is 0 Å². The highest BCUT2D eigenvalue weighted by molar-refractivity contribution is 5.99. The molecule has 4 rings (SSSR count). The van der Waals surface area contributed by atoms with Crippen molar-refractivity contribution in [2.24, 2.45) is 0 Å². The highest BCUT2D eigenvalue weighted by atomic mass is 16.5. The van der Waals surface area contributed by atoms with Gasteiger partial charge in [0.1, 0.15) is 17.5 Å². The molecule has 6 heteroatoms. The van der Waals surface area contributed by atoms with Crippen LogP contribution in [0.4, 0.5) is 5.69 Å². The van der Waals surface area contributed by atoms with Crippen molar-refractivity contribution in [3.8, 4) is 17.2 Å². The second-order valence-corrected chi connectivity index (χ2v) is 7.60. The number of nitrogens with one attached hydrogen (secondary N) is 1. The van der Waals surface area contributed by atoms with Crippen LogP contribution in [0.1, 0.15) is 37.1 Å². The zero-order valence-electron chi connectivity index (χ0n) is 18.3. The van der Waals surface area contributed by atoms with E-state index in [2.05, 4.69) is 22.9 Å². The molecule has 1 unspecified atom stereocenters. The number of hydrogen-bond acceptors (Lipinski definition) is 4. The average molecular weight is 420 g/mol. The number of aromatic nitrogens is 1. The number of nitrogens with zero attached hydrogens (tertiary/aromatic N) is 2. The Bertz CT molecular complexity index is 1060. The third-order valence-corrected chi connectivity index (χ3v) is 5.70. The van der Waals surface area contributed by atoms with Crippen LogP contribution in [0.15, 0.2) is 60.8 Å². The van der Waals surface area contributed by atoms with Gasteiger partial charge in [-0.1, -0.05) is 25.5 Å². The molecule has 3 aromatic rings. The summed E-state index contributed by atoms with van der Waals surface area (Å²) in [6.45, 7) is 3.24. The molecular formula is C25H29N3O3. The van der Waals surface area contributed by atoms with Crippen LogP contribution in [-0.2, 0) is 4.79 Å². The number of carbonyl (C=O) groups is 1. The Kier molecular flexibility index (Phi) is 6.28. The van der Waals surface area contributed by atoms with E-state index >= 15 is 0 Å². The molecule has 0 radical (unpaired) electrons. The number of ether oxygens (including phenoxy) is 2. The Morgan fingerprint density at radius 2 is 1.84 bits per heavy atom. The van der Waals surface area contributed by atoms with Crippen LogP contribution in [0.5, 0.6) is 11.5 Å². The summed E-state index contributed by atoms with van der Waals surface area (Å²) in [7, 11) is 3.30. The van der Waals surface area contributed by atoms with Gasteiger partial charge in [-0.05, 0) is 55.4 Å². The first-order valence-electron chi connectivity index (χ1n) is 10.7. The molecule has 2 aromatic carbocycles. The van der Waals surface area contributed by atoms with E-state index in [4.69, 9.17) is 9.47 Å². The summed E-state index contributed by atoms with van der Waals surface area (Å²) in [5.41, 5.74) is 3.76. The maximum Gasteiger partial charge on any atom is 0.241 e. The first-order valence-corrected chi connectivity index (χ1v) is 10.7. The van der Waals surface area contributed by atoms with Crippen molar-refractivity contribution >= 4 is 11.6 Å². The molecular weight excluding hydrogens is 390 g/mol. The molecule has 0 aliphatic carbocycles. The third kappa shape index (κ3) is 3.91. The minimum atomic E-state index is -0.338. The van der Waals surface area contributed by atoms with E-state index in [-0.39, 0.29) is 18.5 Å². The first-order chi connectivity index (χ1) is 15.2. The highest BCUT2D eigenvalue weighted by Crippen LogP contribution is 2.45. The third-order valence-electron chi connectivity index (χ3n) is 5.70. The van der Waals surface area contributed by atoms with E-state index in [0.717, 1.165) is 53.5 Å². The van der Waals surface area contributed by atoms with E-state index < -0.39 is 0 Å². The van der Waals surface area contributed by atoms with Crippen molar-refractivity contribution in [3.05, 3.63) is 72.1 Å². The molecule has 31 heavy (non-hydrogen) atoms. The lowest BCUT2D eigenvalue weighted by Gasteiger charge is -2.39. The van der Waals surface area contributed by atoms with E-state index in [0.29, 0.717) is 0 Å². The number of rotatable bonds is 8. The van der Waals surface area contributed by atoms with Crippen molar-refractivity contribution in [2.75, 3.05) is 32.2 Å². The Hall–Kier alpha value is -3.25. The number of amides is 1. The number of benzene rings is 2. The smallest absolute Gasteiger partial charge is 0.241 e. The van der Waals surface area contributed by atoms with Gasteiger partial charge in [0.2, 0.25) is 5.91 Å². The number of para-hydroxylation sites is 2. The number of hydrogen-bond donors (Lipinski definition) is 1. The summed E-state index contributed by atoms with van der Waals surface area (Å²) in [5.74, 6) is 1.46. The molecule has 6 nitrogen and oxygen atoms in total. The SMILES string of the molecule is CCCCNCC(=O)N1c2ccccc2-n2cccc2C1c1cc(OC)ccc1OC. The lowest BCUT2D eigenvalue weighted by Crippen LogP contribution is -2.44. The summed E-state index contributed by atoms with van der Waals surface area (Å²) in [6, 6.07) is 17.5. The van der Waals surface area contributed by atoms with Gasteiger partial charge in [0.15, 0.2) is 0 Å². The predicted molar refractivity (Wildman–Crippen MR) is 122 cm³/mol. The molecule has 0 fully saturated rings. The van der Waals surface area contributed by atoms with Gasteiger partial charge >= 0.3 is 0 Å². The fourth-order valence-electron chi connectivity index (χ4n) is 4.19. The van der Waals surface area contributed by atoms with Crippen LogP contribution in [0.2, 0.25) is 0 Å². The number of unbranched alkanes of at least 4 members (excludes halogenated alkanes) is 1. The lowest BCUT2D eigenvalue weighted by molar-refractivity contribution is -0.118. The molecule has 0 saturated carbocycles. The fraction of sp³-hybridized carbons (Fsp3) is 0.320. The molecule has 2 heterocycles. The van der Waals surface area contributed by atoms with E-state index in [1.807, 2.05) is 59.6 Å². The van der Waals surface area contributed by atoms with Gasteiger partial charge in [0, 0.05) is 11.8 Å². The van der Waals surface area contributed by atoms with Gasteiger partial charge in [-0.2, -0.15) is 0 Å². The molecule has 0 bridgehead atoms. The first kappa shape index (κ1) is 21.0. The molecule has 1 aromatic heterocycles. The van der Waals surface area contributed by atoms with Crippen molar-refractivity contribution in [3.63, 3.8) is 0 Å². The van der Waals surface area contributed by atoms with Crippen LogP contribution in [-0.4, -0.2) is 37.8 Å². The van der Waals surface area contributed by atoms with Crippen LogP contribution < -0.4 is 19.7 Å². The summed E-state index contributed by atoms with van der Waals surface area (Å²) in [6.07, 6.45) is 4.17. The quantitative estimate of drug-likeness (QED) is 0.553. The van der Waals surface area contributed by atoms with E-state index in [1.54, 1.807) is 14.2 Å². The molecule has 1 amide bonds. The second kappa shape index (κ2) is 9.27. The zero-order chi connectivity index (χ0) is 21.8. The summed E-state index contributed by atoms with van der Waals surface area (Å²) in [4.78, 5) is 15.5. The summed E-state index contributed by atoms with van der Waals surface area (Å²) >= 11 is 0. The summed E-state index contributed by atoms with van der Waals surface area (Å²) in [5, 5.41) is 3.30. The second-order valence-electron chi connectivity index (χ2n) is 7.60. The number of fused-ring (bicyclic) bond motifs is 3. The minimum absolute atomic E-state index is 0.0193. The minimum Gasteiger partial charge on any atom is -0.497 e. The Morgan fingerprint density at radius 3 is 2.58 bits per heavy atom. The van der Waals surface area contributed by atoms with Crippen LogP contribution in [0.25, 0.3) is 5.69 Å². The van der Waals surface area contributed by atoms with E-state index in [1.165, 1.54) is 0 Å². The molecule has 1 aliphatic rings. The van der Waals surface area contributed by atoms with E-state index in [9.17, 15) is 4.79 Å². The monoisotopic (exact) mass is 419 g/mol. The van der Waals surface area contributed by atoms with Crippen molar-refractivity contribution in [1.29, 1.82) is 0 Å². The number of anilines is 1. The van der Waals surface area contributed by atoms with Crippen molar-refractivity contribution < 1.29 is 14.3 Å². The largest absolute Gasteiger partial charge is 0.497 e. The van der Waals surface area contributed by atoms with Crippen molar-refractivity contribution in [2.45, 2.75) is 25.8 Å². The Labute approximate surface area is 183 Å². The lowest BCUT2D eigenvalue weighted by atomic mass is 9.96. The van der Waals surface area contributed by atoms with Gasteiger partial charge in [-0.3, -0.25) is 9.69 Å². The normalized spacial score (nSPS) is 14.7. The molecule has 1 aliphatic heterocycles. The van der Waals surface area contributed by atoms with Crippen LogP contribution >= 0.6 is 0 Å². The Morgan fingerprint density at radius 1 is 1.03 bits per heavy atom.